The maximum Gasteiger partial charge on any atom is 0.397 e. The highest BCUT2D eigenvalue weighted by Gasteiger charge is 2.40. The van der Waals surface area contributed by atoms with E-state index in [0.29, 0.717) is 11.7 Å². The number of carboxylic acid groups (broad SMARTS) is 1. The van der Waals surface area contributed by atoms with Crippen LogP contribution in [-0.2, 0) is 11.4 Å². The van der Waals surface area contributed by atoms with Crippen LogP contribution in [0.5, 0.6) is 11.5 Å². The number of hydrogen-bond donors (Lipinski definition) is 1. The molecular formula is C27H26F4N2O4. The number of aliphatic carboxylic acids is 1. The first-order valence-electron chi connectivity index (χ1n) is 11.8. The molecule has 196 valence electrons. The minimum absolute atomic E-state index is 0.0145. The molecule has 4 rings (SSSR count). The van der Waals surface area contributed by atoms with Gasteiger partial charge in [-0.15, -0.1) is 0 Å². The Hall–Kier alpha value is -3.69. The number of benzene rings is 2. The van der Waals surface area contributed by atoms with Gasteiger partial charge in [0.05, 0.1) is 42.7 Å². The molecular weight excluding hydrogens is 492 g/mol. The van der Waals surface area contributed by atoms with E-state index in [9.17, 15) is 27.5 Å². The zero-order chi connectivity index (χ0) is 26.7. The summed E-state index contributed by atoms with van der Waals surface area (Å²) in [5, 5.41) is 9.27. The minimum atomic E-state index is -4.63. The van der Waals surface area contributed by atoms with Gasteiger partial charge >= 0.3 is 12.1 Å². The Kier molecular flexibility index (Phi) is 7.65. The maximum absolute atomic E-state index is 14.6. The predicted molar refractivity (Wildman–Crippen MR) is 127 cm³/mol. The third kappa shape index (κ3) is 6.36. The van der Waals surface area contributed by atoms with Gasteiger partial charge in [0.25, 0.3) is 0 Å². The Morgan fingerprint density at radius 3 is 2.57 bits per heavy atom. The summed E-state index contributed by atoms with van der Waals surface area (Å²) in [5.41, 5.74) is 0.164. The van der Waals surface area contributed by atoms with Crippen molar-refractivity contribution in [3.8, 4) is 22.8 Å². The number of nitrogens with zero attached hydrogens (tertiary/aromatic N) is 2. The van der Waals surface area contributed by atoms with Crippen molar-refractivity contribution >= 4 is 5.97 Å². The molecule has 2 unspecified atom stereocenters. The first kappa shape index (κ1) is 26.4. The molecule has 2 atom stereocenters. The summed E-state index contributed by atoms with van der Waals surface area (Å²) in [5.74, 6) is -2.76. The van der Waals surface area contributed by atoms with Crippen molar-refractivity contribution in [2.45, 2.75) is 50.8 Å². The van der Waals surface area contributed by atoms with Crippen LogP contribution in [0, 0.1) is 11.7 Å². The number of alkyl halides is 3. The number of aromatic nitrogens is 2. The molecule has 0 saturated heterocycles. The van der Waals surface area contributed by atoms with Crippen LogP contribution in [0.2, 0.25) is 0 Å². The molecule has 1 heterocycles. The fourth-order valence-corrected chi connectivity index (χ4v) is 4.22. The molecule has 1 aliphatic carbocycles. The second-order valence-electron chi connectivity index (χ2n) is 9.11. The highest BCUT2D eigenvalue weighted by molar-refractivity contribution is 5.68. The molecule has 10 heteroatoms. The van der Waals surface area contributed by atoms with E-state index in [0.717, 1.165) is 31.4 Å². The Labute approximate surface area is 211 Å². The average molecular weight is 519 g/mol. The van der Waals surface area contributed by atoms with Crippen molar-refractivity contribution < 1.29 is 36.9 Å². The quantitative estimate of drug-likeness (QED) is 0.309. The Bertz CT molecular complexity index is 1280. The molecule has 0 spiro atoms. The fourth-order valence-electron chi connectivity index (χ4n) is 4.22. The van der Waals surface area contributed by atoms with E-state index in [1.807, 2.05) is 6.07 Å². The largest absolute Gasteiger partial charge is 0.497 e. The molecule has 1 saturated carbocycles. The molecule has 0 aliphatic heterocycles. The Balaban J connectivity index is 1.61. The molecule has 0 bridgehead atoms. The minimum Gasteiger partial charge on any atom is -0.497 e. The van der Waals surface area contributed by atoms with Crippen molar-refractivity contribution in [3.05, 3.63) is 71.4 Å². The number of halogens is 4. The molecule has 3 aromatic rings. The number of methoxy groups -OCH3 is 1. The normalized spacial score (nSPS) is 15.2. The van der Waals surface area contributed by atoms with E-state index in [1.54, 1.807) is 18.2 Å². The smallest absolute Gasteiger partial charge is 0.397 e. The van der Waals surface area contributed by atoms with Crippen LogP contribution in [0.1, 0.15) is 55.0 Å². The second-order valence-corrected chi connectivity index (χ2v) is 9.11. The summed E-state index contributed by atoms with van der Waals surface area (Å²) < 4.78 is 66.5. The molecule has 1 N–H and O–H groups in total. The van der Waals surface area contributed by atoms with Gasteiger partial charge in [0.1, 0.15) is 23.9 Å². The van der Waals surface area contributed by atoms with E-state index in [2.05, 4.69) is 9.97 Å². The summed E-state index contributed by atoms with van der Waals surface area (Å²) in [6.07, 6.45) is -1.42. The molecule has 0 radical (unpaired) electrons. The van der Waals surface area contributed by atoms with Crippen LogP contribution < -0.4 is 9.47 Å². The number of hydrogen-bond acceptors (Lipinski definition) is 5. The first-order chi connectivity index (χ1) is 17.6. The third-order valence-corrected chi connectivity index (χ3v) is 6.44. The van der Waals surface area contributed by atoms with E-state index in [4.69, 9.17) is 9.47 Å². The van der Waals surface area contributed by atoms with Crippen LogP contribution in [-0.4, -0.2) is 34.3 Å². The van der Waals surface area contributed by atoms with E-state index < -0.39 is 29.6 Å². The summed E-state index contributed by atoms with van der Waals surface area (Å²) in [6, 6.07) is 10.8. The van der Waals surface area contributed by atoms with Crippen molar-refractivity contribution in [1.29, 1.82) is 0 Å². The molecule has 6 nitrogen and oxygen atoms in total. The SMILES string of the molecule is COc1ccc(F)c(-c2ncc(COc3cccc(C(CC(=O)O)C4CC4)c3)nc2C(C)C(F)(F)F)c1. The van der Waals surface area contributed by atoms with Crippen LogP contribution in [0.3, 0.4) is 0 Å². The van der Waals surface area contributed by atoms with Crippen molar-refractivity contribution in [1.82, 2.24) is 9.97 Å². The van der Waals surface area contributed by atoms with Gasteiger partial charge < -0.3 is 14.6 Å². The van der Waals surface area contributed by atoms with Crippen LogP contribution in [0.25, 0.3) is 11.3 Å². The zero-order valence-corrected chi connectivity index (χ0v) is 20.3. The van der Waals surface area contributed by atoms with Crippen molar-refractivity contribution in [2.75, 3.05) is 7.11 Å². The number of carbonyl (C=O) groups is 1. The summed E-state index contributed by atoms with van der Waals surface area (Å²) in [4.78, 5) is 19.6. The van der Waals surface area contributed by atoms with Gasteiger partial charge in [-0.05, 0) is 67.5 Å². The van der Waals surface area contributed by atoms with Gasteiger partial charge in [-0.25, -0.2) is 9.37 Å². The fraction of sp³-hybridized carbons (Fsp3) is 0.370. The van der Waals surface area contributed by atoms with Gasteiger partial charge in [0.15, 0.2) is 0 Å². The second kappa shape index (κ2) is 10.7. The molecule has 1 fully saturated rings. The summed E-state index contributed by atoms with van der Waals surface area (Å²) in [6.45, 7) is 0.766. The van der Waals surface area contributed by atoms with Gasteiger partial charge in [-0.1, -0.05) is 12.1 Å². The van der Waals surface area contributed by atoms with Crippen LogP contribution in [0.15, 0.2) is 48.7 Å². The third-order valence-electron chi connectivity index (χ3n) is 6.44. The lowest BCUT2D eigenvalue weighted by molar-refractivity contribution is -0.147. The monoisotopic (exact) mass is 518 g/mol. The van der Waals surface area contributed by atoms with Gasteiger partial charge in [-0.2, -0.15) is 13.2 Å². The summed E-state index contributed by atoms with van der Waals surface area (Å²) in [7, 11) is 1.37. The van der Waals surface area contributed by atoms with Crippen molar-refractivity contribution in [3.63, 3.8) is 0 Å². The molecule has 2 aromatic carbocycles. The van der Waals surface area contributed by atoms with Gasteiger partial charge in [-0.3, -0.25) is 9.78 Å². The Morgan fingerprint density at radius 1 is 1.16 bits per heavy atom. The van der Waals surface area contributed by atoms with Gasteiger partial charge in [0.2, 0.25) is 0 Å². The lowest BCUT2D eigenvalue weighted by atomic mass is 9.91. The van der Waals surface area contributed by atoms with Crippen LogP contribution >= 0.6 is 0 Å². The van der Waals surface area contributed by atoms with Gasteiger partial charge in [0, 0.05) is 5.56 Å². The summed E-state index contributed by atoms with van der Waals surface area (Å²) >= 11 is 0. The Morgan fingerprint density at radius 2 is 1.92 bits per heavy atom. The number of carboxylic acids is 1. The zero-order valence-electron chi connectivity index (χ0n) is 20.3. The number of ether oxygens (including phenoxy) is 2. The van der Waals surface area contributed by atoms with E-state index in [-0.39, 0.29) is 41.6 Å². The molecule has 1 aliphatic rings. The first-order valence-corrected chi connectivity index (χ1v) is 11.8. The highest BCUT2D eigenvalue weighted by Crippen LogP contribution is 2.45. The molecule has 37 heavy (non-hydrogen) atoms. The van der Waals surface area contributed by atoms with E-state index >= 15 is 0 Å². The standard InChI is InChI=1S/C27H26F4N2O4/c1-15(27(29,30)31)25-26(22-11-19(36-2)8-9-23(22)28)32-13-18(33-25)14-37-20-5-3-4-17(10-20)21(12-24(34)35)16-6-7-16/h3-5,8-11,13,15-16,21H,6-7,12,14H2,1-2H3,(H,34,35). The highest BCUT2D eigenvalue weighted by atomic mass is 19.4. The molecule has 1 aromatic heterocycles. The maximum atomic E-state index is 14.6. The number of rotatable bonds is 10. The molecule has 0 amide bonds. The lowest BCUT2D eigenvalue weighted by Crippen LogP contribution is -2.21. The lowest BCUT2D eigenvalue weighted by Gasteiger charge is -2.19. The topological polar surface area (TPSA) is 81.5 Å². The average Bonchev–Trinajstić information content (AvgIpc) is 3.71. The van der Waals surface area contributed by atoms with Crippen molar-refractivity contribution in [2.24, 2.45) is 5.92 Å². The van der Waals surface area contributed by atoms with E-state index in [1.165, 1.54) is 25.4 Å². The van der Waals surface area contributed by atoms with Crippen LogP contribution in [0.4, 0.5) is 17.6 Å². The predicted octanol–water partition coefficient (Wildman–Crippen LogP) is 6.50.